The number of thiazole rings is 1. The number of thioether (sulfide) groups is 1. The third-order valence-electron chi connectivity index (χ3n) is 4.06. The summed E-state index contributed by atoms with van der Waals surface area (Å²) in [4.78, 5) is 6.99. The zero-order valence-corrected chi connectivity index (χ0v) is 13.1. The lowest BCUT2D eigenvalue weighted by Gasteiger charge is -2.48. The Morgan fingerprint density at radius 3 is 2.94 bits per heavy atom. The van der Waals surface area contributed by atoms with Crippen LogP contribution < -0.4 is 5.73 Å². The van der Waals surface area contributed by atoms with Crippen molar-refractivity contribution in [3.05, 3.63) is 16.1 Å². The normalized spacial score (nSPS) is 28.8. The van der Waals surface area contributed by atoms with Gasteiger partial charge in [-0.15, -0.1) is 11.3 Å². The van der Waals surface area contributed by atoms with E-state index in [0.717, 1.165) is 18.1 Å². The molecule has 0 aliphatic carbocycles. The van der Waals surface area contributed by atoms with E-state index < -0.39 is 0 Å². The lowest BCUT2D eigenvalue weighted by Crippen LogP contribution is -2.59. The molecule has 0 spiro atoms. The van der Waals surface area contributed by atoms with E-state index >= 15 is 0 Å². The third-order valence-corrected chi connectivity index (χ3v) is 6.34. The molecule has 0 aromatic carbocycles. The van der Waals surface area contributed by atoms with Crippen molar-refractivity contribution in [2.24, 2.45) is 5.73 Å². The third kappa shape index (κ3) is 2.74. The first-order valence-corrected chi connectivity index (χ1v) is 8.45. The molecule has 0 saturated carbocycles. The first-order valence-electron chi connectivity index (χ1n) is 6.52. The molecule has 2 unspecified atom stereocenters. The molecular weight excluding hydrogens is 262 g/mol. The van der Waals surface area contributed by atoms with Crippen molar-refractivity contribution in [3.8, 4) is 0 Å². The average Bonchev–Trinajstić information content (AvgIpc) is 2.75. The van der Waals surface area contributed by atoms with Crippen molar-refractivity contribution in [2.75, 3.05) is 19.3 Å². The van der Waals surface area contributed by atoms with Crippen LogP contribution in [0.1, 0.15) is 30.5 Å². The van der Waals surface area contributed by atoms with Crippen molar-refractivity contribution >= 4 is 23.1 Å². The van der Waals surface area contributed by atoms with E-state index in [1.165, 1.54) is 24.3 Å². The van der Waals surface area contributed by atoms with Gasteiger partial charge in [-0.3, -0.25) is 4.90 Å². The summed E-state index contributed by atoms with van der Waals surface area (Å²) in [5.41, 5.74) is 7.43. The molecule has 1 aromatic heterocycles. The molecule has 102 valence electrons. The summed E-state index contributed by atoms with van der Waals surface area (Å²) in [7, 11) is 2.20. The van der Waals surface area contributed by atoms with E-state index in [1.54, 1.807) is 11.3 Å². The summed E-state index contributed by atoms with van der Waals surface area (Å²) in [5, 5.41) is 3.91. The Morgan fingerprint density at radius 2 is 2.39 bits per heavy atom. The second kappa shape index (κ2) is 5.90. The quantitative estimate of drug-likeness (QED) is 0.923. The van der Waals surface area contributed by atoms with E-state index in [9.17, 15) is 0 Å². The fourth-order valence-corrected chi connectivity index (χ4v) is 4.78. The number of rotatable bonds is 4. The minimum Gasteiger partial charge on any atom is -0.329 e. The number of nitrogens with zero attached hydrogens (tertiary/aromatic N) is 2. The van der Waals surface area contributed by atoms with Gasteiger partial charge < -0.3 is 5.73 Å². The first kappa shape index (κ1) is 14.3. The maximum absolute atomic E-state index is 6.12. The maximum Gasteiger partial charge on any atom is 0.0897 e. The summed E-state index contributed by atoms with van der Waals surface area (Å²) < 4.78 is 0. The lowest BCUT2D eigenvalue weighted by atomic mass is 9.87. The maximum atomic E-state index is 6.12. The van der Waals surface area contributed by atoms with Crippen molar-refractivity contribution in [3.63, 3.8) is 0 Å². The van der Waals surface area contributed by atoms with Gasteiger partial charge in [0.25, 0.3) is 0 Å². The zero-order valence-electron chi connectivity index (χ0n) is 11.5. The number of aryl methyl sites for hydroxylation is 1. The Bertz CT molecular complexity index is 393. The van der Waals surface area contributed by atoms with Crippen molar-refractivity contribution < 1.29 is 0 Å². The molecule has 1 fully saturated rings. The Morgan fingerprint density at radius 1 is 1.61 bits per heavy atom. The van der Waals surface area contributed by atoms with Gasteiger partial charge in [0.05, 0.1) is 10.7 Å². The standard InChI is InChI=1S/C13H23N3S2/c1-10-13(9-14,5-4-6-17-10)16(3)7-12-8-18-11(2)15-12/h8,10H,4-7,9,14H2,1-3H3. The molecule has 5 heteroatoms. The average molecular weight is 285 g/mol. The molecule has 0 bridgehead atoms. The van der Waals surface area contributed by atoms with E-state index in [0.29, 0.717) is 5.25 Å². The van der Waals surface area contributed by atoms with Gasteiger partial charge in [-0.05, 0) is 32.6 Å². The summed E-state index contributed by atoms with van der Waals surface area (Å²) in [6.45, 7) is 6.03. The Labute approximate surface area is 118 Å². The smallest absolute Gasteiger partial charge is 0.0897 e. The van der Waals surface area contributed by atoms with Crippen LogP contribution in [0.3, 0.4) is 0 Å². The highest BCUT2D eigenvalue weighted by Gasteiger charge is 2.41. The van der Waals surface area contributed by atoms with Gasteiger partial charge in [0.1, 0.15) is 0 Å². The van der Waals surface area contributed by atoms with Gasteiger partial charge in [0.2, 0.25) is 0 Å². The summed E-state index contributed by atoms with van der Waals surface area (Å²) in [6.07, 6.45) is 2.48. The highest BCUT2D eigenvalue weighted by Crippen LogP contribution is 2.37. The van der Waals surface area contributed by atoms with Gasteiger partial charge in [0.15, 0.2) is 0 Å². The molecule has 18 heavy (non-hydrogen) atoms. The molecular formula is C13H23N3S2. The Balaban J connectivity index is 2.11. The first-order chi connectivity index (χ1) is 8.58. The van der Waals surface area contributed by atoms with Crippen molar-refractivity contribution in [1.29, 1.82) is 0 Å². The molecule has 2 rings (SSSR count). The lowest BCUT2D eigenvalue weighted by molar-refractivity contribution is 0.103. The minimum absolute atomic E-state index is 0.139. The summed E-state index contributed by atoms with van der Waals surface area (Å²) >= 11 is 3.78. The monoisotopic (exact) mass is 285 g/mol. The van der Waals surface area contributed by atoms with Crippen LogP contribution in [-0.2, 0) is 6.54 Å². The van der Waals surface area contributed by atoms with Gasteiger partial charge in [-0.1, -0.05) is 6.92 Å². The van der Waals surface area contributed by atoms with Crippen molar-refractivity contribution in [1.82, 2.24) is 9.88 Å². The molecule has 1 aromatic rings. The highest BCUT2D eigenvalue weighted by molar-refractivity contribution is 8.00. The van der Waals surface area contributed by atoms with Gasteiger partial charge >= 0.3 is 0 Å². The molecule has 0 radical (unpaired) electrons. The van der Waals surface area contributed by atoms with Crippen LogP contribution in [0.15, 0.2) is 5.38 Å². The molecule has 2 N–H and O–H groups in total. The molecule has 1 saturated heterocycles. The number of hydrogen-bond acceptors (Lipinski definition) is 5. The number of nitrogens with two attached hydrogens (primary N) is 1. The fraction of sp³-hybridized carbons (Fsp3) is 0.769. The van der Waals surface area contributed by atoms with E-state index in [-0.39, 0.29) is 5.54 Å². The van der Waals surface area contributed by atoms with Gasteiger partial charge in [0, 0.05) is 29.3 Å². The highest BCUT2D eigenvalue weighted by atomic mass is 32.2. The predicted molar refractivity (Wildman–Crippen MR) is 81.3 cm³/mol. The van der Waals surface area contributed by atoms with Gasteiger partial charge in [-0.2, -0.15) is 11.8 Å². The molecule has 1 aliphatic rings. The zero-order chi connectivity index (χ0) is 13.2. The minimum atomic E-state index is 0.139. The SMILES string of the molecule is Cc1nc(CN(C)C2(CN)CCCSC2C)cs1. The van der Waals surface area contributed by atoms with Crippen LogP contribution in [0.4, 0.5) is 0 Å². The van der Waals surface area contributed by atoms with E-state index in [4.69, 9.17) is 5.73 Å². The van der Waals surface area contributed by atoms with Crippen LogP contribution in [0.2, 0.25) is 0 Å². The van der Waals surface area contributed by atoms with Crippen LogP contribution in [0, 0.1) is 6.92 Å². The van der Waals surface area contributed by atoms with Crippen LogP contribution in [0.5, 0.6) is 0 Å². The fourth-order valence-electron chi connectivity index (χ4n) is 2.80. The second-order valence-electron chi connectivity index (χ2n) is 5.14. The Kier molecular flexibility index (Phi) is 4.69. The van der Waals surface area contributed by atoms with Crippen LogP contribution in [0.25, 0.3) is 0 Å². The molecule has 3 nitrogen and oxygen atoms in total. The molecule has 0 amide bonds. The molecule has 1 aliphatic heterocycles. The summed E-state index contributed by atoms with van der Waals surface area (Å²) in [6, 6.07) is 0. The Hall–Kier alpha value is -0.100. The van der Waals surface area contributed by atoms with Crippen molar-refractivity contribution in [2.45, 2.75) is 44.0 Å². The van der Waals surface area contributed by atoms with Crippen LogP contribution in [-0.4, -0.2) is 40.0 Å². The van der Waals surface area contributed by atoms with Gasteiger partial charge in [-0.25, -0.2) is 4.98 Å². The number of likely N-dealkylation sites (N-methyl/N-ethyl adjacent to an activating group) is 1. The van der Waals surface area contributed by atoms with Crippen LogP contribution >= 0.6 is 23.1 Å². The summed E-state index contributed by atoms with van der Waals surface area (Å²) in [5.74, 6) is 1.27. The topological polar surface area (TPSA) is 42.2 Å². The second-order valence-corrected chi connectivity index (χ2v) is 7.65. The number of hydrogen-bond donors (Lipinski definition) is 1. The number of aromatic nitrogens is 1. The predicted octanol–water partition coefficient (Wildman–Crippen LogP) is 2.50. The molecule has 2 atom stereocenters. The largest absolute Gasteiger partial charge is 0.329 e. The van der Waals surface area contributed by atoms with E-state index in [2.05, 4.69) is 47.9 Å². The molecule has 2 heterocycles. The van der Waals surface area contributed by atoms with E-state index in [1.807, 2.05) is 0 Å².